The van der Waals surface area contributed by atoms with Crippen LogP contribution in [0.2, 0.25) is 0 Å². The summed E-state index contributed by atoms with van der Waals surface area (Å²) in [5, 5.41) is 1.09. The minimum Gasteiger partial charge on any atom is -0.384 e. The summed E-state index contributed by atoms with van der Waals surface area (Å²) in [6.45, 7) is 4.07. The number of nitrogen functional groups attached to an aromatic ring is 1. The van der Waals surface area contributed by atoms with Crippen molar-refractivity contribution in [2.45, 2.75) is 13.8 Å². The topological polar surface area (TPSA) is 51.8 Å². The van der Waals surface area contributed by atoms with E-state index in [1.807, 2.05) is 26.1 Å². The van der Waals surface area contributed by atoms with Crippen LogP contribution in [0.25, 0.3) is 21.3 Å². The van der Waals surface area contributed by atoms with Crippen molar-refractivity contribution >= 4 is 27.4 Å². The molecule has 2 aromatic heterocycles. The molecule has 2 N–H and O–H groups in total. The van der Waals surface area contributed by atoms with Crippen LogP contribution < -0.4 is 5.73 Å². The Morgan fingerprint density at radius 1 is 1.17 bits per heavy atom. The fourth-order valence-electron chi connectivity index (χ4n) is 2.09. The Labute approximate surface area is 109 Å². The van der Waals surface area contributed by atoms with Gasteiger partial charge in [0.05, 0.1) is 15.2 Å². The zero-order valence-electron chi connectivity index (χ0n) is 10.3. The fourth-order valence-corrected chi connectivity index (χ4v) is 2.90. The molecule has 2 heterocycles. The standard InChI is InChI=1S/C14H13N3S/c1-8-5-14(15)16-7-11(8)10-3-4-13-12(6-10)17-9(2)18-13/h3-7H,1-2H3,(H2,15,16). The Morgan fingerprint density at radius 3 is 2.78 bits per heavy atom. The van der Waals surface area contributed by atoms with Crippen LogP contribution in [0, 0.1) is 13.8 Å². The van der Waals surface area contributed by atoms with Crippen molar-refractivity contribution in [1.82, 2.24) is 9.97 Å². The molecule has 0 bridgehead atoms. The maximum atomic E-state index is 5.68. The number of fused-ring (bicyclic) bond motifs is 1. The average Bonchev–Trinajstić information content (AvgIpc) is 2.68. The first-order chi connectivity index (χ1) is 8.63. The average molecular weight is 255 g/mol. The third-order valence-corrected chi connectivity index (χ3v) is 3.89. The van der Waals surface area contributed by atoms with Crippen molar-refractivity contribution in [3.8, 4) is 11.1 Å². The summed E-state index contributed by atoms with van der Waals surface area (Å²) in [7, 11) is 0. The molecule has 18 heavy (non-hydrogen) atoms. The number of rotatable bonds is 1. The number of hydrogen-bond acceptors (Lipinski definition) is 4. The molecule has 3 nitrogen and oxygen atoms in total. The van der Waals surface area contributed by atoms with E-state index in [2.05, 4.69) is 28.2 Å². The van der Waals surface area contributed by atoms with E-state index in [9.17, 15) is 0 Å². The van der Waals surface area contributed by atoms with Gasteiger partial charge in [0.1, 0.15) is 5.82 Å². The molecule has 0 saturated carbocycles. The third-order valence-electron chi connectivity index (χ3n) is 2.94. The van der Waals surface area contributed by atoms with E-state index < -0.39 is 0 Å². The first kappa shape index (κ1) is 11.2. The molecule has 0 saturated heterocycles. The number of hydrogen-bond donors (Lipinski definition) is 1. The third kappa shape index (κ3) is 1.84. The zero-order chi connectivity index (χ0) is 12.7. The molecule has 4 heteroatoms. The second-order valence-electron chi connectivity index (χ2n) is 4.34. The van der Waals surface area contributed by atoms with Gasteiger partial charge in [-0.2, -0.15) is 0 Å². The van der Waals surface area contributed by atoms with Crippen LogP contribution in [-0.2, 0) is 0 Å². The molecule has 0 unspecified atom stereocenters. The van der Waals surface area contributed by atoms with Crippen molar-refractivity contribution < 1.29 is 0 Å². The van der Waals surface area contributed by atoms with Crippen LogP contribution in [0.1, 0.15) is 10.6 Å². The van der Waals surface area contributed by atoms with Crippen LogP contribution in [0.5, 0.6) is 0 Å². The van der Waals surface area contributed by atoms with Crippen LogP contribution in [0.3, 0.4) is 0 Å². The number of aromatic nitrogens is 2. The van der Waals surface area contributed by atoms with Gasteiger partial charge in [-0.1, -0.05) is 6.07 Å². The number of thiazole rings is 1. The molecule has 0 fully saturated rings. The Bertz CT molecular complexity index is 731. The van der Waals surface area contributed by atoms with Crippen LogP contribution in [0.15, 0.2) is 30.5 Å². The zero-order valence-corrected chi connectivity index (χ0v) is 11.1. The van der Waals surface area contributed by atoms with Crippen molar-refractivity contribution in [2.24, 2.45) is 0 Å². The highest BCUT2D eigenvalue weighted by Gasteiger charge is 2.06. The van der Waals surface area contributed by atoms with E-state index >= 15 is 0 Å². The quantitative estimate of drug-likeness (QED) is 0.723. The highest BCUT2D eigenvalue weighted by molar-refractivity contribution is 7.18. The monoisotopic (exact) mass is 255 g/mol. The predicted molar refractivity (Wildman–Crippen MR) is 76.7 cm³/mol. The number of pyridine rings is 1. The Kier molecular flexibility index (Phi) is 2.52. The number of nitrogens with two attached hydrogens (primary N) is 1. The molecule has 0 aliphatic rings. The van der Waals surface area contributed by atoms with Gasteiger partial charge in [-0.25, -0.2) is 9.97 Å². The predicted octanol–water partition coefficient (Wildman–Crippen LogP) is 3.56. The van der Waals surface area contributed by atoms with Crippen LogP contribution in [-0.4, -0.2) is 9.97 Å². The second-order valence-corrected chi connectivity index (χ2v) is 5.57. The van der Waals surface area contributed by atoms with Gasteiger partial charge in [-0.3, -0.25) is 0 Å². The molecule has 0 radical (unpaired) electrons. The summed E-state index contributed by atoms with van der Waals surface area (Å²) in [4.78, 5) is 8.68. The Morgan fingerprint density at radius 2 is 2.00 bits per heavy atom. The summed E-state index contributed by atoms with van der Waals surface area (Å²) in [6.07, 6.45) is 1.82. The second kappa shape index (κ2) is 4.07. The van der Waals surface area contributed by atoms with Gasteiger partial charge in [0.15, 0.2) is 0 Å². The van der Waals surface area contributed by atoms with Gasteiger partial charge in [-0.15, -0.1) is 11.3 Å². The lowest BCUT2D eigenvalue weighted by Gasteiger charge is -2.06. The Hall–Kier alpha value is -1.94. The van der Waals surface area contributed by atoms with E-state index in [1.165, 1.54) is 4.70 Å². The van der Waals surface area contributed by atoms with Crippen molar-refractivity contribution in [3.63, 3.8) is 0 Å². The molecule has 3 aromatic rings. The lowest BCUT2D eigenvalue weighted by molar-refractivity contribution is 1.29. The highest BCUT2D eigenvalue weighted by atomic mass is 32.1. The first-order valence-corrected chi connectivity index (χ1v) is 6.55. The SMILES string of the molecule is Cc1nc2cc(-c3cnc(N)cc3C)ccc2s1. The van der Waals surface area contributed by atoms with Crippen LogP contribution >= 0.6 is 11.3 Å². The molecular formula is C14H13N3S. The normalized spacial score (nSPS) is 11.0. The minimum atomic E-state index is 0.557. The summed E-state index contributed by atoms with van der Waals surface area (Å²) in [5.41, 5.74) is 10.1. The van der Waals surface area contributed by atoms with Gasteiger partial charge in [0.2, 0.25) is 0 Å². The molecule has 0 aliphatic carbocycles. The maximum Gasteiger partial charge on any atom is 0.123 e. The minimum absolute atomic E-state index is 0.557. The molecular weight excluding hydrogens is 242 g/mol. The summed E-state index contributed by atoms with van der Waals surface area (Å²) >= 11 is 1.72. The summed E-state index contributed by atoms with van der Waals surface area (Å²) in [6, 6.07) is 8.23. The molecule has 0 spiro atoms. The molecule has 3 rings (SSSR count). The van der Waals surface area contributed by atoms with E-state index in [1.54, 1.807) is 11.3 Å². The van der Waals surface area contributed by atoms with Gasteiger partial charge >= 0.3 is 0 Å². The lowest BCUT2D eigenvalue weighted by Crippen LogP contribution is -1.92. The largest absolute Gasteiger partial charge is 0.384 e. The van der Waals surface area contributed by atoms with E-state index in [0.29, 0.717) is 5.82 Å². The lowest BCUT2D eigenvalue weighted by atomic mass is 10.0. The molecule has 0 amide bonds. The molecule has 0 atom stereocenters. The van der Waals surface area contributed by atoms with E-state index in [-0.39, 0.29) is 0 Å². The van der Waals surface area contributed by atoms with Crippen molar-refractivity contribution in [2.75, 3.05) is 5.73 Å². The number of benzene rings is 1. The number of aryl methyl sites for hydroxylation is 2. The highest BCUT2D eigenvalue weighted by Crippen LogP contribution is 2.29. The van der Waals surface area contributed by atoms with Gasteiger partial charge in [-0.05, 0) is 43.2 Å². The maximum absolute atomic E-state index is 5.68. The number of anilines is 1. The Balaban J connectivity index is 2.18. The smallest absolute Gasteiger partial charge is 0.123 e. The van der Waals surface area contributed by atoms with E-state index in [4.69, 9.17) is 5.73 Å². The summed E-state index contributed by atoms with van der Waals surface area (Å²) < 4.78 is 1.22. The molecule has 0 aliphatic heterocycles. The first-order valence-electron chi connectivity index (χ1n) is 5.73. The van der Waals surface area contributed by atoms with Gasteiger partial charge in [0, 0.05) is 11.8 Å². The van der Waals surface area contributed by atoms with Crippen LogP contribution in [0.4, 0.5) is 5.82 Å². The van der Waals surface area contributed by atoms with Crippen molar-refractivity contribution in [1.29, 1.82) is 0 Å². The van der Waals surface area contributed by atoms with Gasteiger partial charge < -0.3 is 5.73 Å². The molecule has 1 aromatic carbocycles. The van der Waals surface area contributed by atoms with Crippen molar-refractivity contribution in [3.05, 3.63) is 41.0 Å². The van der Waals surface area contributed by atoms with Gasteiger partial charge in [0.25, 0.3) is 0 Å². The molecule has 90 valence electrons. The number of nitrogens with zero attached hydrogens (tertiary/aromatic N) is 2. The van der Waals surface area contributed by atoms with E-state index in [0.717, 1.165) is 27.2 Å². The fraction of sp³-hybridized carbons (Fsp3) is 0.143. The summed E-state index contributed by atoms with van der Waals surface area (Å²) in [5.74, 6) is 0.557.